The number of benzene rings is 2. The first-order valence-electron chi connectivity index (χ1n) is 7.42. The number of hydrogen-bond donors (Lipinski definition) is 1. The minimum absolute atomic E-state index is 0.0254. The summed E-state index contributed by atoms with van der Waals surface area (Å²) in [7, 11) is 3.35. The number of rotatable bonds is 6. The summed E-state index contributed by atoms with van der Waals surface area (Å²) in [4.78, 5) is 25.1. The molecule has 0 fully saturated rings. The van der Waals surface area contributed by atoms with Crippen molar-refractivity contribution in [3.63, 3.8) is 0 Å². The monoisotopic (exact) mass is 346 g/mol. The summed E-state index contributed by atoms with van der Waals surface area (Å²) in [5.74, 6) is 0.219. The summed E-state index contributed by atoms with van der Waals surface area (Å²) >= 11 is 6.01. The van der Waals surface area contributed by atoms with Gasteiger partial charge >= 0.3 is 0 Å². The van der Waals surface area contributed by atoms with E-state index in [1.807, 2.05) is 12.1 Å². The van der Waals surface area contributed by atoms with Crippen LogP contribution < -0.4 is 10.1 Å². The zero-order valence-electron chi connectivity index (χ0n) is 13.6. The van der Waals surface area contributed by atoms with Crippen molar-refractivity contribution < 1.29 is 14.3 Å². The van der Waals surface area contributed by atoms with E-state index in [1.165, 1.54) is 4.90 Å². The van der Waals surface area contributed by atoms with Crippen molar-refractivity contribution in [3.05, 3.63) is 64.7 Å². The Morgan fingerprint density at radius 2 is 1.88 bits per heavy atom. The van der Waals surface area contributed by atoms with E-state index in [2.05, 4.69) is 5.32 Å². The van der Waals surface area contributed by atoms with E-state index in [-0.39, 0.29) is 18.4 Å². The highest BCUT2D eigenvalue weighted by Crippen LogP contribution is 2.16. The summed E-state index contributed by atoms with van der Waals surface area (Å²) in [5, 5.41) is 3.22. The van der Waals surface area contributed by atoms with E-state index in [0.29, 0.717) is 22.9 Å². The number of amides is 2. The van der Waals surface area contributed by atoms with Crippen LogP contribution in [0.4, 0.5) is 0 Å². The molecule has 1 N–H and O–H groups in total. The van der Waals surface area contributed by atoms with Gasteiger partial charge in [0.1, 0.15) is 5.75 Å². The van der Waals surface area contributed by atoms with Crippen molar-refractivity contribution >= 4 is 23.4 Å². The number of nitrogens with one attached hydrogen (secondary N) is 1. The fraction of sp³-hybridized carbons (Fsp3) is 0.222. The average molecular weight is 347 g/mol. The van der Waals surface area contributed by atoms with Crippen LogP contribution >= 0.6 is 11.6 Å². The van der Waals surface area contributed by atoms with Crippen LogP contribution in [0.15, 0.2) is 48.5 Å². The maximum Gasteiger partial charge on any atom is 0.259 e. The van der Waals surface area contributed by atoms with Gasteiger partial charge in [-0.3, -0.25) is 9.59 Å². The highest BCUT2D eigenvalue weighted by molar-refractivity contribution is 6.33. The lowest BCUT2D eigenvalue weighted by atomic mass is 10.2. The summed E-state index contributed by atoms with van der Waals surface area (Å²) in [6.45, 7) is 0.311. The molecule has 2 aromatic carbocycles. The third kappa shape index (κ3) is 4.99. The molecule has 2 aromatic rings. The van der Waals surface area contributed by atoms with Gasteiger partial charge < -0.3 is 15.0 Å². The molecule has 0 bridgehead atoms. The summed E-state index contributed by atoms with van der Waals surface area (Å²) in [6.07, 6.45) is 0. The number of hydrogen-bond acceptors (Lipinski definition) is 3. The van der Waals surface area contributed by atoms with Crippen LogP contribution in [0.25, 0.3) is 0 Å². The second-order valence-corrected chi connectivity index (χ2v) is 5.79. The second-order valence-electron chi connectivity index (χ2n) is 5.39. The Morgan fingerprint density at radius 3 is 2.58 bits per heavy atom. The van der Waals surface area contributed by atoms with Crippen molar-refractivity contribution in [1.82, 2.24) is 10.2 Å². The van der Waals surface area contributed by atoms with E-state index >= 15 is 0 Å². The molecule has 126 valence electrons. The fourth-order valence-corrected chi connectivity index (χ4v) is 2.16. The predicted octanol–water partition coefficient (Wildman–Crippen LogP) is 2.74. The second kappa shape index (κ2) is 8.36. The van der Waals surface area contributed by atoms with Gasteiger partial charge in [0, 0.05) is 20.6 Å². The van der Waals surface area contributed by atoms with E-state index < -0.39 is 0 Å². The molecule has 5 nitrogen and oxygen atoms in total. The number of carbonyl (C=O) groups is 2. The molecular formula is C18H19ClN2O3. The molecule has 0 atom stereocenters. The third-order valence-corrected chi connectivity index (χ3v) is 3.66. The van der Waals surface area contributed by atoms with Crippen LogP contribution in [-0.4, -0.2) is 37.4 Å². The lowest BCUT2D eigenvalue weighted by Crippen LogP contribution is -2.27. The van der Waals surface area contributed by atoms with Crippen molar-refractivity contribution in [2.24, 2.45) is 0 Å². The molecule has 0 aliphatic carbocycles. The zero-order valence-corrected chi connectivity index (χ0v) is 14.3. The molecule has 0 aliphatic heterocycles. The number of carbonyl (C=O) groups excluding carboxylic acids is 2. The van der Waals surface area contributed by atoms with Gasteiger partial charge in [0.25, 0.3) is 11.8 Å². The van der Waals surface area contributed by atoms with Gasteiger partial charge in [-0.25, -0.2) is 0 Å². The smallest absolute Gasteiger partial charge is 0.259 e. The molecule has 0 heterocycles. The summed E-state index contributed by atoms with van der Waals surface area (Å²) in [5.41, 5.74) is 1.30. The highest BCUT2D eigenvalue weighted by Gasteiger charge is 2.09. The molecule has 0 radical (unpaired) electrons. The third-order valence-electron chi connectivity index (χ3n) is 3.33. The largest absolute Gasteiger partial charge is 0.484 e. The van der Waals surface area contributed by atoms with Crippen LogP contribution in [0.3, 0.4) is 0 Å². The van der Waals surface area contributed by atoms with Crippen LogP contribution in [0.1, 0.15) is 15.9 Å². The Balaban J connectivity index is 1.94. The molecule has 0 aliphatic rings. The number of likely N-dealkylation sites (N-methyl/N-ethyl adjacent to an activating group) is 1. The van der Waals surface area contributed by atoms with Crippen LogP contribution in [-0.2, 0) is 11.3 Å². The van der Waals surface area contributed by atoms with E-state index in [1.54, 1.807) is 50.5 Å². The number of halogens is 1. The molecular weight excluding hydrogens is 328 g/mol. The number of nitrogens with zero attached hydrogens (tertiary/aromatic N) is 1. The van der Waals surface area contributed by atoms with Gasteiger partial charge in [-0.05, 0) is 29.8 Å². The average Bonchev–Trinajstić information content (AvgIpc) is 2.58. The van der Waals surface area contributed by atoms with Crippen molar-refractivity contribution in [1.29, 1.82) is 0 Å². The van der Waals surface area contributed by atoms with Gasteiger partial charge in [0.15, 0.2) is 6.61 Å². The highest BCUT2D eigenvalue weighted by atomic mass is 35.5. The first-order valence-corrected chi connectivity index (χ1v) is 7.80. The fourth-order valence-electron chi connectivity index (χ4n) is 1.94. The Hall–Kier alpha value is -2.53. The zero-order chi connectivity index (χ0) is 17.5. The van der Waals surface area contributed by atoms with Crippen molar-refractivity contribution in [3.8, 4) is 5.75 Å². The normalized spacial score (nSPS) is 10.1. The standard InChI is InChI=1S/C18H19ClN2O3/c1-21(2)17(22)12-24-14-7-5-6-13(10-14)11-20-18(23)15-8-3-4-9-16(15)19/h3-10H,11-12H2,1-2H3,(H,20,23). The van der Waals surface area contributed by atoms with Gasteiger partial charge in [-0.1, -0.05) is 35.9 Å². The van der Waals surface area contributed by atoms with E-state index in [4.69, 9.17) is 16.3 Å². The van der Waals surface area contributed by atoms with Crippen LogP contribution in [0.2, 0.25) is 5.02 Å². The lowest BCUT2D eigenvalue weighted by Gasteiger charge is -2.12. The molecule has 0 aromatic heterocycles. The molecule has 24 heavy (non-hydrogen) atoms. The van der Waals surface area contributed by atoms with Gasteiger partial charge in [0.05, 0.1) is 10.6 Å². The Morgan fingerprint density at radius 1 is 1.12 bits per heavy atom. The minimum Gasteiger partial charge on any atom is -0.484 e. The summed E-state index contributed by atoms with van der Waals surface area (Å²) < 4.78 is 5.46. The van der Waals surface area contributed by atoms with Gasteiger partial charge in [0.2, 0.25) is 0 Å². The van der Waals surface area contributed by atoms with Crippen molar-refractivity contribution in [2.45, 2.75) is 6.54 Å². The SMILES string of the molecule is CN(C)C(=O)COc1cccc(CNC(=O)c2ccccc2Cl)c1. The maximum atomic E-state index is 12.1. The molecule has 0 saturated carbocycles. The minimum atomic E-state index is -0.241. The number of ether oxygens (including phenoxy) is 1. The predicted molar refractivity (Wildman–Crippen MR) is 93.3 cm³/mol. The van der Waals surface area contributed by atoms with E-state index in [9.17, 15) is 9.59 Å². The Bertz CT molecular complexity index is 732. The quantitative estimate of drug-likeness (QED) is 0.875. The Kier molecular flexibility index (Phi) is 6.21. The first-order chi connectivity index (χ1) is 11.5. The lowest BCUT2D eigenvalue weighted by molar-refractivity contribution is -0.130. The molecule has 2 rings (SSSR count). The Labute approximate surface area is 146 Å². The van der Waals surface area contributed by atoms with E-state index in [0.717, 1.165) is 5.56 Å². The molecule has 0 spiro atoms. The molecule has 0 saturated heterocycles. The molecule has 2 amide bonds. The topological polar surface area (TPSA) is 58.6 Å². The molecule has 6 heteroatoms. The maximum absolute atomic E-state index is 12.1. The van der Waals surface area contributed by atoms with Gasteiger partial charge in [-0.2, -0.15) is 0 Å². The van der Waals surface area contributed by atoms with Crippen LogP contribution in [0, 0.1) is 0 Å². The van der Waals surface area contributed by atoms with Crippen LogP contribution in [0.5, 0.6) is 5.75 Å². The van der Waals surface area contributed by atoms with Gasteiger partial charge in [-0.15, -0.1) is 0 Å². The summed E-state index contributed by atoms with van der Waals surface area (Å²) in [6, 6.07) is 14.1. The first kappa shape index (κ1) is 17.8. The molecule has 0 unspecified atom stereocenters. The van der Waals surface area contributed by atoms with Crippen molar-refractivity contribution in [2.75, 3.05) is 20.7 Å².